The highest BCUT2D eigenvalue weighted by molar-refractivity contribution is 5.71. The first-order valence-corrected chi connectivity index (χ1v) is 24.6. The van der Waals surface area contributed by atoms with E-state index in [0.717, 1.165) is 96.3 Å². The van der Waals surface area contributed by atoms with E-state index in [1.807, 2.05) is 6.08 Å². The molecule has 0 radical (unpaired) electrons. The second-order valence-corrected chi connectivity index (χ2v) is 16.0. The lowest BCUT2D eigenvalue weighted by Gasteiger charge is -2.18. The summed E-state index contributed by atoms with van der Waals surface area (Å²) in [5, 5.41) is 0. The molecule has 0 aliphatic carbocycles. The molecule has 0 aliphatic rings. The standard InChI is InChI=1S/C54H90O6/c1-4-7-10-13-16-19-22-25-26-27-30-32-35-38-41-44-47-53(56)59-50-51(60-54(57)48-45-42-39-36-33-29-24-21-18-15-12-9-6-3)49-58-52(55)46-43-40-37-34-31-28-23-20-17-14-11-8-5-2/h7,10,16,19,25-26,28-33,39,42,51H,4-6,8-9,11-15,17-18,20-24,27,34-38,40-41,43-50H2,1-3H3/b10-7-,19-16-,26-25-,31-28-,32-30-,33-29-,42-39-. The molecule has 0 spiro atoms. The van der Waals surface area contributed by atoms with Gasteiger partial charge in [-0.25, -0.2) is 0 Å². The van der Waals surface area contributed by atoms with Crippen LogP contribution in [0, 0.1) is 0 Å². The highest BCUT2D eigenvalue weighted by Crippen LogP contribution is 2.12. The molecule has 0 aliphatic heterocycles. The van der Waals surface area contributed by atoms with Gasteiger partial charge in [0.15, 0.2) is 6.10 Å². The molecular formula is C54H90O6. The SMILES string of the molecule is CC/C=C\C/C=C\C/C=C\C/C=C\CCCCCC(=O)OCC(COC(=O)CCCCC/C=C\CCCCCCCC)OC(=O)CC/C=C\C/C=C\CCCCCCCC. The molecule has 0 heterocycles. The monoisotopic (exact) mass is 835 g/mol. The summed E-state index contributed by atoms with van der Waals surface area (Å²) in [7, 11) is 0. The summed E-state index contributed by atoms with van der Waals surface area (Å²) in [5.41, 5.74) is 0. The second-order valence-electron chi connectivity index (χ2n) is 16.0. The molecule has 0 aromatic heterocycles. The Labute approximate surface area is 369 Å². The Morgan fingerprint density at radius 2 is 0.683 bits per heavy atom. The predicted molar refractivity (Wildman–Crippen MR) is 256 cm³/mol. The molecule has 0 amide bonds. The zero-order valence-corrected chi connectivity index (χ0v) is 38.9. The lowest BCUT2D eigenvalue weighted by Crippen LogP contribution is -2.30. The third-order valence-electron chi connectivity index (χ3n) is 10.1. The lowest BCUT2D eigenvalue weighted by molar-refractivity contribution is -0.166. The number of hydrogen-bond acceptors (Lipinski definition) is 6. The summed E-state index contributed by atoms with van der Waals surface area (Å²) < 4.78 is 16.7. The fourth-order valence-electron chi connectivity index (χ4n) is 6.42. The molecule has 6 heteroatoms. The molecule has 0 bridgehead atoms. The quantitative estimate of drug-likeness (QED) is 0.0263. The number of carbonyl (C=O) groups is 3. The van der Waals surface area contributed by atoms with Crippen molar-refractivity contribution >= 4 is 17.9 Å². The number of rotatable bonds is 43. The average molecular weight is 835 g/mol. The Morgan fingerprint density at radius 1 is 0.350 bits per heavy atom. The third kappa shape index (κ3) is 45.7. The second kappa shape index (κ2) is 48.3. The summed E-state index contributed by atoms with van der Waals surface area (Å²) in [5.74, 6) is -1.04. The third-order valence-corrected chi connectivity index (χ3v) is 10.1. The number of allylic oxidation sites excluding steroid dienone is 14. The van der Waals surface area contributed by atoms with Gasteiger partial charge in [-0.3, -0.25) is 14.4 Å². The molecule has 60 heavy (non-hydrogen) atoms. The zero-order chi connectivity index (χ0) is 43.7. The van der Waals surface area contributed by atoms with Crippen LogP contribution in [0.25, 0.3) is 0 Å². The van der Waals surface area contributed by atoms with Gasteiger partial charge in [-0.15, -0.1) is 0 Å². The summed E-state index contributed by atoms with van der Waals surface area (Å²) in [6, 6.07) is 0. The number of ether oxygens (including phenoxy) is 3. The highest BCUT2D eigenvalue weighted by atomic mass is 16.6. The smallest absolute Gasteiger partial charge is 0.306 e. The number of esters is 3. The van der Waals surface area contributed by atoms with Crippen molar-refractivity contribution in [2.45, 2.75) is 226 Å². The van der Waals surface area contributed by atoms with Gasteiger partial charge in [-0.05, 0) is 103 Å². The van der Waals surface area contributed by atoms with E-state index in [-0.39, 0.29) is 31.6 Å². The maximum atomic E-state index is 12.7. The van der Waals surface area contributed by atoms with Crippen molar-refractivity contribution in [1.82, 2.24) is 0 Å². The Morgan fingerprint density at radius 3 is 1.10 bits per heavy atom. The van der Waals surface area contributed by atoms with Gasteiger partial charge in [0.05, 0.1) is 0 Å². The number of hydrogen-bond donors (Lipinski definition) is 0. The van der Waals surface area contributed by atoms with Gasteiger partial charge in [-0.1, -0.05) is 183 Å². The summed E-state index contributed by atoms with van der Waals surface area (Å²) >= 11 is 0. The Kier molecular flexibility index (Phi) is 45.5. The molecule has 1 unspecified atom stereocenters. The molecule has 0 N–H and O–H groups in total. The lowest BCUT2D eigenvalue weighted by atomic mass is 10.1. The number of carbonyl (C=O) groups excluding carboxylic acids is 3. The minimum absolute atomic E-state index is 0.118. The summed E-state index contributed by atoms with van der Waals surface area (Å²) in [6.45, 7) is 6.40. The van der Waals surface area contributed by atoms with Crippen LogP contribution in [0.1, 0.15) is 220 Å². The van der Waals surface area contributed by atoms with Crippen LogP contribution >= 0.6 is 0 Å². The molecule has 0 saturated heterocycles. The number of unbranched alkanes of at least 4 members (excludes halogenated alkanes) is 18. The van der Waals surface area contributed by atoms with Crippen molar-refractivity contribution in [3.05, 3.63) is 85.1 Å². The van der Waals surface area contributed by atoms with Crippen molar-refractivity contribution in [1.29, 1.82) is 0 Å². The van der Waals surface area contributed by atoms with Crippen LogP contribution < -0.4 is 0 Å². The van der Waals surface area contributed by atoms with Gasteiger partial charge in [-0.2, -0.15) is 0 Å². The molecule has 0 aromatic carbocycles. The topological polar surface area (TPSA) is 78.9 Å². The molecule has 0 fully saturated rings. The largest absolute Gasteiger partial charge is 0.462 e. The van der Waals surface area contributed by atoms with Gasteiger partial charge < -0.3 is 14.2 Å². The van der Waals surface area contributed by atoms with E-state index in [2.05, 4.69) is 99.8 Å². The molecule has 0 aromatic rings. The fourth-order valence-corrected chi connectivity index (χ4v) is 6.42. The zero-order valence-electron chi connectivity index (χ0n) is 38.9. The Bertz CT molecular complexity index is 1190. The maximum Gasteiger partial charge on any atom is 0.306 e. The van der Waals surface area contributed by atoms with Gasteiger partial charge >= 0.3 is 17.9 Å². The summed E-state index contributed by atoms with van der Waals surface area (Å²) in [6.07, 6.45) is 61.5. The van der Waals surface area contributed by atoms with Crippen LogP contribution in [0.2, 0.25) is 0 Å². The van der Waals surface area contributed by atoms with Crippen molar-refractivity contribution in [2.24, 2.45) is 0 Å². The molecule has 342 valence electrons. The fraction of sp³-hybridized carbons (Fsp3) is 0.685. The van der Waals surface area contributed by atoms with Gasteiger partial charge in [0.2, 0.25) is 0 Å². The molecule has 0 rings (SSSR count). The van der Waals surface area contributed by atoms with Crippen molar-refractivity contribution < 1.29 is 28.6 Å². The van der Waals surface area contributed by atoms with Crippen molar-refractivity contribution in [2.75, 3.05) is 13.2 Å². The minimum Gasteiger partial charge on any atom is -0.462 e. The van der Waals surface area contributed by atoms with E-state index in [1.54, 1.807) is 0 Å². The van der Waals surface area contributed by atoms with E-state index in [9.17, 15) is 14.4 Å². The predicted octanol–water partition coefficient (Wildman–Crippen LogP) is 16.0. The van der Waals surface area contributed by atoms with Crippen LogP contribution in [-0.2, 0) is 28.6 Å². The van der Waals surface area contributed by atoms with Crippen molar-refractivity contribution in [3.63, 3.8) is 0 Å². The van der Waals surface area contributed by atoms with Crippen LogP contribution in [0.5, 0.6) is 0 Å². The Balaban J connectivity index is 4.53. The first-order chi connectivity index (χ1) is 29.5. The average Bonchev–Trinajstić information content (AvgIpc) is 3.24. The van der Waals surface area contributed by atoms with Gasteiger partial charge in [0.1, 0.15) is 13.2 Å². The molecular weight excluding hydrogens is 745 g/mol. The summed E-state index contributed by atoms with van der Waals surface area (Å²) in [4.78, 5) is 37.8. The van der Waals surface area contributed by atoms with Gasteiger partial charge in [0.25, 0.3) is 0 Å². The van der Waals surface area contributed by atoms with E-state index < -0.39 is 12.1 Å². The van der Waals surface area contributed by atoms with E-state index in [0.29, 0.717) is 19.3 Å². The van der Waals surface area contributed by atoms with Crippen LogP contribution in [0.4, 0.5) is 0 Å². The molecule has 1 atom stereocenters. The Hall–Kier alpha value is -3.41. The molecule has 6 nitrogen and oxygen atoms in total. The maximum absolute atomic E-state index is 12.7. The van der Waals surface area contributed by atoms with Crippen molar-refractivity contribution in [3.8, 4) is 0 Å². The van der Waals surface area contributed by atoms with Gasteiger partial charge in [0, 0.05) is 19.3 Å². The molecule has 0 saturated carbocycles. The first-order valence-electron chi connectivity index (χ1n) is 24.6. The van der Waals surface area contributed by atoms with Crippen LogP contribution in [0.3, 0.4) is 0 Å². The first kappa shape index (κ1) is 56.6. The van der Waals surface area contributed by atoms with E-state index in [1.165, 1.54) is 77.0 Å². The van der Waals surface area contributed by atoms with Crippen LogP contribution in [0.15, 0.2) is 85.1 Å². The van der Waals surface area contributed by atoms with E-state index in [4.69, 9.17) is 14.2 Å². The van der Waals surface area contributed by atoms with E-state index >= 15 is 0 Å². The normalized spacial score (nSPS) is 12.8. The minimum atomic E-state index is -0.825. The van der Waals surface area contributed by atoms with Crippen LogP contribution in [-0.4, -0.2) is 37.2 Å². The highest BCUT2D eigenvalue weighted by Gasteiger charge is 2.19.